The van der Waals surface area contributed by atoms with E-state index in [-0.39, 0.29) is 17.5 Å². The fourth-order valence-electron chi connectivity index (χ4n) is 2.19. The Kier molecular flexibility index (Phi) is 3.67. The van der Waals surface area contributed by atoms with Crippen LogP contribution in [0.15, 0.2) is 12.1 Å². The van der Waals surface area contributed by atoms with Crippen LogP contribution in [-0.2, 0) is 9.84 Å². The number of hydrogen-bond acceptors (Lipinski definition) is 4. The third-order valence-corrected chi connectivity index (χ3v) is 5.37. The van der Waals surface area contributed by atoms with Crippen molar-refractivity contribution < 1.29 is 8.42 Å². The van der Waals surface area contributed by atoms with Gasteiger partial charge in [0.05, 0.1) is 27.2 Å². The van der Waals surface area contributed by atoms with Crippen molar-refractivity contribution >= 4 is 44.4 Å². The second kappa shape index (κ2) is 4.79. The zero-order valence-electron chi connectivity index (χ0n) is 9.86. The number of nitrogen functional groups attached to an aromatic ring is 1. The van der Waals surface area contributed by atoms with Crippen LogP contribution in [-0.4, -0.2) is 32.5 Å². The summed E-state index contributed by atoms with van der Waals surface area (Å²) >= 11 is 12.3. The molecule has 1 fully saturated rings. The van der Waals surface area contributed by atoms with Crippen LogP contribution in [0.25, 0.3) is 0 Å². The summed E-state index contributed by atoms with van der Waals surface area (Å²) in [7, 11) is -2.96. The molecule has 1 atom stereocenters. The Balaban J connectivity index is 2.39. The minimum absolute atomic E-state index is 0.115. The van der Waals surface area contributed by atoms with Crippen molar-refractivity contribution in [2.24, 2.45) is 0 Å². The molecule has 2 rings (SSSR count). The van der Waals surface area contributed by atoms with E-state index in [1.165, 1.54) is 0 Å². The van der Waals surface area contributed by atoms with Crippen LogP contribution in [0.2, 0.25) is 10.0 Å². The monoisotopic (exact) mass is 308 g/mol. The van der Waals surface area contributed by atoms with Gasteiger partial charge >= 0.3 is 0 Å². The molecule has 7 heteroatoms. The number of halogens is 2. The van der Waals surface area contributed by atoms with E-state index in [1.807, 2.05) is 11.8 Å². The molecule has 0 spiro atoms. The average Bonchev–Trinajstić information content (AvgIpc) is 2.18. The maximum absolute atomic E-state index is 11.5. The van der Waals surface area contributed by atoms with Crippen molar-refractivity contribution in [2.45, 2.75) is 13.0 Å². The minimum atomic E-state index is -2.96. The molecule has 1 aliphatic rings. The second-order valence-corrected chi connectivity index (χ2v) is 7.53. The third kappa shape index (κ3) is 2.68. The van der Waals surface area contributed by atoms with Crippen molar-refractivity contribution in [3.63, 3.8) is 0 Å². The number of nitrogens with two attached hydrogens (primary N) is 1. The molecule has 1 aromatic carbocycles. The molecule has 0 bridgehead atoms. The summed E-state index contributed by atoms with van der Waals surface area (Å²) in [6.07, 6.45) is 0. The van der Waals surface area contributed by atoms with E-state index in [2.05, 4.69) is 0 Å². The molecule has 0 aromatic heterocycles. The topological polar surface area (TPSA) is 63.4 Å². The van der Waals surface area contributed by atoms with E-state index < -0.39 is 9.84 Å². The van der Waals surface area contributed by atoms with Gasteiger partial charge in [-0.15, -0.1) is 0 Å². The van der Waals surface area contributed by atoms with E-state index in [0.29, 0.717) is 28.0 Å². The zero-order chi connectivity index (χ0) is 13.5. The lowest BCUT2D eigenvalue weighted by molar-refractivity contribution is 0.568. The van der Waals surface area contributed by atoms with Gasteiger partial charge in [-0.1, -0.05) is 23.2 Å². The lowest BCUT2D eigenvalue weighted by Crippen LogP contribution is -2.47. The van der Waals surface area contributed by atoms with E-state index >= 15 is 0 Å². The van der Waals surface area contributed by atoms with E-state index in [9.17, 15) is 8.42 Å². The van der Waals surface area contributed by atoms with Crippen molar-refractivity contribution in [2.75, 3.05) is 28.7 Å². The van der Waals surface area contributed by atoms with Crippen LogP contribution in [0, 0.1) is 0 Å². The molecule has 0 saturated carbocycles. The van der Waals surface area contributed by atoms with Gasteiger partial charge in [-0.3, -0.25) is 0 Å². The molecule has 1 heterocycles. The smallest absolute Gasteiger partial charge is 0.154 e. The van der Waals surface area contributed by atoms with Crippen LogP contribution >= 0.6 is 23.2 Å². The van der Waals surface area contributed by atoms with Gasteiger partial charge in [0.1, 0.15) is 0 Å². The Bertz CT molecular complexity index is 551. The molecule has 0 radical (unpaired) electrons. The van der Waals surface area contributed by atoms with E-state index in [4.69, 9.17) is 28.9 Å². The maximum atomic E-state index is 11.5. The summed E-state index contributed by atoms with van der Waals surface area (Å²) in [6, 6.07) is 3.10. The number of sulfone groups is 1. The Morgan fingerprint density at radius 2 is 1.89 bits per heavy atom. The molecule has 1 aromatic rings. The summed E-state index contributed by atoms with van der Waals surface area (Å²) in [4.78, 5) is 1.92. The lowest BCUT2D eigenvalue weighted by atomic mass is 10.2. The Morgan fingerprint density at radius 1 is 1.33 bits per heavy atom. The highest BCUT2D eigenvalue weighted by atomic mass is 35.5. The molecule has 0 amide bonds. The van der Waals surface area contributed by atoms with Gasteiger partial charge < -0.3 is 10.6 Å². The standard InChI is InChI=1S/C11H14Cl2N2O2S/c1-7-6-18(16,17)3-2-15(7)11-9(12)4-8(14)5-10(11)13/h4-5,7H,2-3,6,14H2,1H3. The van der Waals surface area contributed by atoms with Crippen molar-refractivity contribution in [1.29, 1.82) is 0 Å². The minimum Gasteiger partial charge on any atom is -0.399 e. The molecular formula is C11H14Cl2N2O2S. The predicted molar refractivity (Wildman–Crippen MR) is 76.3 cm³/mol. The van der Waals surface area contributed by atoms with Crippen molar-refractivity contribution in [1.82, 2.24) is 0 Å². The number of nitrogens with zero attached hydrogens (tertiary/aromatic N) is 1. The van der Waals surface area contributed by atoms with Crippen LogP contribution in [0.3, 0.4) is 0 Å². The largest absolute Gasteiger partial charge is 0.399 e. The van der Waals surface area contributed by atoms with Crippen LogP contribution < -0.4 is 10.6 Å². The number of rotatable bonds is 1. The highest BCUT2D eigenvalue weighted by Gasteiger charge is 2.30. The Morgan fingerprint density at radius 3 is 2.39 bits per heavy atom. The highest BCUT2D eigenvalue weighted by Crippen LogP contribution is 2.37. The average molecular weight is 309 g/mol. The molecule has 18 heavy (non-hydrogen) atoms. The van der Waals surface area contributed by atoms with Crippen LogP contribution in [0.1, 0.15) is 6.92 Å². The second-order valence-electron chi connectivity index (χ2n) is 4.49. The van der Waals surface area contributed by atoms with Gasteiger partial charge in [-0.2, -0.15) is 0 Å². The third-order valence-electron chi connectivity index (χ3n) is 3.00. The first-order valence-corrected chi connectivity index (χ1v) is 8.09. The molecule has 1 unspecified atom stereocenters. The number of benzene rings is 1. The molecule has 100 valence electrons. The van der Waals surface area contributed by atoms with E-state index in [1.54, 1.807) is 12.1 Å². The fourth-order valence-corrected chi connectivity index (χ4v) is 4.47. The van der Waals surface area contributed by atoms with Crippen molar-refractivity contribution in [3.05, 3.63) is 22.2 Å². The summed E-state index contributed by atoms with van der Waals surface area (Å²) in [5, 5.41) is 0.900. The lowest BCUT2D eigenvalue weighted by Gasteiger charge is -2.36. The molecule has 1 saturated heterocycles. The van der Waals surface area contributed by atoms with Gasteiger partial charge in [0.15, 0.2) is 9.84 Å². The number of anilines is 2. The normalized spacial score (nSPS) is 23.1. The molecule has 4 nitrogen and oxygen atoms in total. The summed E-state index contributed by atoms with van der Waals surface area (Å²) in [5.41, 5.74) is 6.81. The van der Waals surface area contributed by atoms with Gasteiger partial charge in [0.2, 0.25) is 0 Å². The molecule has 1 aliphatic heterocycles. The first kappa shape index (κ1) is 13.8. The molecular weight excluding hydrogens is 295 g/mol. The van der Waals surface area contributed by atoms with Gasteiger partial charge in [0.25, 0.3) is 0 Å². The Labute approximate surface area is 117 Å². The predicted octanol–water partition coefficient (Wildman–Crippen LogP) is 2.20. The first-order chi connectivity index (χ1) is 8.30. The molecule has 0 aliphatic carbocycles. The Hall–Kier alpha value is -0.650. The summed E-state index contributed by atoms with van der Waals surface area (Å²) in [5.74, 6) is 0.235. The highest BCUT2D eigenvalue weighted by molar-refractivity contribution is 7.91. The maximum Gasteiger partial charge on any atom is 0.154 e. The first-order valence-electron chi connectivity index (χ1n) is 5.52. The molecule has 2 N–H and O–H groups in total. The number of hydrogen-bond donors (Lipinski definition) is 1. The van der Waals surface area contributed by atoms with Crippen molar-refractivity contribution in [3.8, 4) is 0 Å². The van der Waals surface area contributed by atoms with E-state index in [0.717, 1.165) is 0 Å². The summed E-state index contributed by atoms with van der Waals surface area (Å²) < 4.78 is 23.1. The van der Waals surface area contributed by atoms with Gasteiger partial charge in [-0.05, 0) is 19.1 Å². The fraction of sp³-hybridized carbons (Fsp3) is 0.455. The van der Waals surface area contributed by atoms with Gasteiger partial charge in [0, 0.05) is 18.3 Å². The summed E-state index contributed by atoms with van der Waals surface area (Å²) in [6.45, 7) is 2.24. The zero-order valence-corrected chi connectivity index (χ0v) is 12.2. The van der Waals surface area contributed by atoms with Crippen LogP contribution in [0.5, 0.6) is 0 Å². The SMILES string of the molecule is CC1CS(=O)(=O)CCN1c1c(Cl)cc(N)cc1Cl. The quantitative estimate of drug-likeness (QED) is 0.808. The van der Waals surface area contributed by atoms with Gasteiger partial charge in [-0.25, -0.2) is 8.42 Å². The van der Waals surface area contributed by atoms with Crippen LogP contribution in [0.4, 0.5) is 11.4 Å².